The molecule has 24 heavy (non-hydrogen) atoms. The Morgan fingerprint density at radius 3 is 2.38 bits per heavy atom. The summed E-state index contributed by atoms with van der Waals surface area (Å²) in [5.74, 6) is 0.443. The van der Waals surface area contributed by atoms with Crippen LogP contribution in [0.5, 0.6) is 0 Å². The second kappa shape index (κ2) is 7.58. The second-order valence-electron chi connectivity index (χ2n) is 8.49. The summed E-state index contributed by atoms with van der Waals surface area (Å²) < 4.78 is 0. The highest BCUT2D eigenvalue weighted by Crippen LogP contribution is 2.29. The summed E-state index contributed by atoms with van der Waals surface area (Å²) in [4.78, 5) is 27.4. The zero-order valence-electron chi connectivity index (χ0n) is 15.4. The van der Waals surface area contributed by atoms with Crippen molar-refractivity contribution in [1.82, 2.24) is 10.2 Å². The molecule has 2 atom stereocenters. The molecule has 1 saturated heterocycles. The average Bonchev–Trinajstić information content (AvgIpc) is 3.13. The molecule has 0 bridgehead atoms. The molecule has 5 nitrogen and oxygen atoms in total. The lowest BCUT2D eigenvalue weighted by atomic mass is 9.85. The van der Waals surface area contributed by atoms with Crippen LogP contribution in [0.4, 0.5) is 0 Å². The molecule has 0 aromatic heterocycles. The maximum Gasteiger partial charge on any atom is 0.246 e. The van der Waals surface area contributed by atoms with Crippen LogP contribution >= 0.6 is 0 Å². The first-order chi connectivity index (χ1) is 11.2. The van der Waals surface area contributed by atoms with Crippen molar-refractivity contribution in [3.05, 3.63) is 12.3 Å². The van der Waals surface area contributed by atoms with E-state index in [4.69, 9.17) is 5.73 Å². The van der Waals surface area contributed by atoms with Gasteiger partial charge in [-0.1, -0.05) is 40.2 Å². The molecule has 2 fully saturated rings. The van der Waals surface area contributed by atoms with Crippen LogP contribution in [-0.4, -0.2) is 35.3 Å². The van der Waals surface area contributed by atoms with Gasteiger partial charge in [0.25, 0.3) is 0 Å². The van der Waals surface area contributed by atoms with Crippen LogP contribution in [0.3, 0.4) is 0 Å². The van der Waals surface area contributed by atoms with Crippen LogP contribution in [0.2, 0.25) is 0 Å². The van der Waals surface area contributed by atoms with Crippen LogP contribution in [0.15, 0.2) is 12.3 Å². The molecule has 0 spiro atoms. The Labute approximate surface area is 146 Å². The third-order valence-electron chi connectivity index (χ3n) is 5.33. The molecular weight excluding hydrogens is 302 g/mol. The van der Waals surface area contributed by atoms with E-state index in [1.165, 1.54) is 12.8 Å². The zero-order chi connectivity index (χ0) is 17.9. The molecule has 1 heterocycles. The predicted octanol–water partition coefficient (Wildman–Crippen LogP) is 2.56. The van der Waals surface area contributed by atoms with Gasteiger partial charge in [-0.2, -0.15) is 0 Å². The average molecular weight is 335 g/mol. The lowest BCUT2D eigenvalue weighted by Crippen LogP contribution is -2.56. The van der Waals surface area contributed by atoms with Crippen molar-refractivity contribution in [3.8, 4) is 0 Å². The lowest BCUT2D eigenvalue weighted by molar-refractivity contribution is -0.140. The van der Waals surface area contributed by atoms with Crippen molar-refractivity contribution in [3.63, 3.8) is 0 Å². The molecule has 5 heteroatoms. The third kappa shape index (κ3) is 4.52. The maximum atomic E-state index is 13.1. The van der Waals surface area contributed by atoms with Gasteiger partial charge in [-0.15, -0.1) is 0 Å². The molecule has 3 N–H and O–H groups in total. The molecule has 136 valence electrons. The number of hydrogen-bond acceptors (Lipinski definition) is 3. The smallest absolute Gasteiger partial charge is 0.246 e. The van der Waals surface area contributed by atoms with Crippen LogP contribution in [0.1, 0.15) is 65.7 Å². The number of carbonyl (C=O) groups excluding carboxylic acids is 2. The van der Waals surface area contributed by atoms with Gasteiger partial charge in [0.1, 0.15) is 6.04 Å². The van der Waals surface area contributed by atoms with Crippen molar-refractivity contribution in [1.29, 1.82) is 0 Å². The van der Waals surface area contributed by atoms with Gasteiger partial charge in [-0.05, 0) is 37.0 Å². The first-order valence-corrected chi connectivity index (χ1v) is 9.24. The Bertz CT molecular complexity index is 489. The molecule has 0 radical (unpaired) electrons. The minimum atomic E-state index is -0.522. The number of nitrogens with zero attached hydrogens (tertiary/aromatic N) is 1. The van der Waals surface area contributed by atoms with E-state index in [1.54, 1.807) is 4.90 Å². The van der Waals surface area contributed by atoms with Gasteiger partial charge in [0.2, 0.25) is 11.8 Å². The van der Waals surface area contributed by atoms with E-state index >= 15 is 0 Å². The Morgan fingerprint density at radius 2 is 1.83 bits per heavy atom. The van der Waals surface area contributed by atoms with Crippen molar-refractivity contribution in [2.75, 3.05) is 6.54 Å². The monoisotopic (exact) mass is 335 g/mol. The minimum Gasteiger partial charge on any atom is -0.401 e. The van der Waals surface area contributed by atoms with Gasteiger partial charge in [-0.3, -0.25) is 9.59 Å². The number of hydrogen-bond donors (Lipinski definition) is 2. The van der Waals surface area contributed by atoms with E-state index in [0.717, 1.165) is 25.7 Å². The third-order valence-corrected chi connectivity index (χ3v) is 5.33. The fourth-order valence-electron chi connectivity index (χ4n) is 3.93. The van der Waals surface area contributed by atoms with Gasteiger partial charge in [0, 0.05) is 18.7 Å². The number of carbonyl (C=O) groups is 2. The highest BCUT2D eigenvalue weighted by atomic mass is 16.2. The number of likely N-dealkylation sites (tertiary alicyclic amines) is 1. The summed E-state index contributed by atoms with van der Waals surface area (Å²) in [7, 11) is 0. The molecule has 1 aliphatic heterocycles. The summed E-state index contributed by atoms with van der Waals surface area (Å²) in [5, 5.41) is 3.02. The Hall–Kier alpha value is -1.52. The van der Waals surface area contributed by atoms with E-state index in [-0.39, 0.29) is 23.3 Å². The number of nitrogens with two attached hydrogens (primary N) is 1. The van der Waals surface area contributed by atoms with Crippen molar-refractivity contribution >= 4 is 11.8 Å². The minimum absolute atomic E-state index is 0.00232. The van der Waals surface area contributed by atoms with Gasteiger partial charge in [0.15, 0.2) is 0 Å². The zero-order valence-corrected chi connectivity index (χ0v) is 15.4. The highest BCUT2D eigenvalue weighted by molar-refractivity contribution is 5.89. The standard InChI is InChI=1S/C19H33N3O2/c1-13(20)15-10-7-11-22(15)18(24)17(19(2,3)4)21-16(23)12-14-8-5-6-9-14/h14-15,17H,1,5-12,20H2,2-4H3,(H,21,23). The Morgan fingerprint density at radius 1 is 1.21 bits per heavy atom. The first-order valence-electron chi connectivity index (χ1n) is 9.24. The highest BCUT2D eigenvalue weighted by Gasteiger charge is 2.40. The van der Waals surface area contributed by atoms with E-state index in [9.17, 15) is 9.59 Å². The lowest BCUT2D eigenvalue weighted by Gasteiger charge is -2.36. The quantitative estimate of drug-likeness (QED) is 0.811. The van der Waals surface area contributed by atoms with E-state index in [1.807, 2.05) is 20.8 Å². The number of nitrogens with one attached hydrogen (secondary N) is 1. The van der Waals surface area contributed by atoms with Crippen LogP contribution in [0.25, 0.3) is 0 Å². The Balaban J connectivity index is 2.05. The van der Waals surface area contributed by atoms with Gasteiger partial charge >= 0.3 is 0 Å². The number of rotatable bonds is 5. The summed E-state index contributed by atoms with van der Waals surface area (Å²) in [6.45, 7) is 10.5. The van der Waals surface area contributed by atoms with Crippen molar-refractivity contribution in [2.45, 2.75) is 77.8 Å². The van der Waals surface area contributed by atoms with Gasteiger partial charge < -0.3 is 16.0 Å². The van der Waals surface area contributed by atoms with Crippen molar-refractivity contribution in [2.24, 2.45) is 17.1 Å². The Kier molecular flexibility index (Phi) is 5.94. The summed E-state index contributed by atoms with van der Waals surface area (Å²) in [6, 6.07) is -0.625. The molecule has 2 aliphatic rings. The van der Waals surface area contributed by atoms with E-state index in [2.05, 4.69) is 11.9 Å². The predicted molar refractivity (Wildman–Crippen MR) is 96.0 cm³/mol. The van der Waals surface area contributed by atoms with Gasteiger partial charge in [-0.25, -0.2) is 0 Å². The molecule has 2 amide bonds. The summed E-state index contributed by atoms with van der Waals surface area (Å²) in [6.07, 6.45) is 7.01. The van der Waals surface area contributed by atoms with Gasteiger partial charge in [0.05, 0.1) is 6.04 Å². The summed E-state index contributed by atoms with van der Waals surface area (Å²) >= 11 is 0. The first kappa shape index (κ1) is 18.8. The molecular formula is C19H33N3O2. The second-order valence-corrected chi connectivity index (χ2v) is 8.49. The largest absolute Gasteiger partial charge is 0.401 e. The molecule has 0 aromatic carbocycles. The topological polar surface area (TPSA) is 75.4 Å². The molecule has 1 saturated carbocycles. The van der Waals surface area contributed by atoms with Crippen LogP contribution in [-0.2, 0) is 9.59 Å². The molecule has 2 unspecified atom stereocenters. The van der Waals surface area contributed by atoms with E-state index < -0.39 is 6.04 Å². The fourth-order valence-corrected chi connectivity index (χ4v) is 3.93. The van der Waals surface area contributed by atoms with Crippen LogP contribution < -0.4 is 11.1 Å². The van der Waals surface area contributed by atoms with Crippen LogP contribution in [0, 0.1) is 11.3 Å². The molecule has 0 aromatic rings. The SMILES string of the molecule is C=C(N)C1CCCN1C(=O)C(NC(=O)CC1CCCC1)C(C)(C)C. The summed E-state index contributed by atoms with van der Waals surface area (Å²) in [5.41, 5.74) is 6.06. The fraction of sp³-hybridized carbons (Fsp3) is 0.789. The molecule has 1 aliphatic carbocycles. The number of amides is 2. The molecule has 2 rings (SSSR count). The normalized spacial score (nSPS) is 23.3. The maximum absolute atomic E-state index is 13.1. The van der Waals surface area contributed by atoms with Crippen molar-refractivity contribution < 1.29 is 9.59 Å². The van der Waals surface area contributed by atoms with E-state index in [0.29, 0.717) is 24.6 Å².